The van der Waals surface area contributed by atoms with Gasteiger partial charge in [-0.15, -0.1) is 5.10 Å². The van der Waals surface area contributed by atoms with E-state index in [4.69, 9.17) is 23.7 Å². The van der Waals surface area contributed by atoms with E-state index in [1.165, 1.54) is 44.7 Å². The number of nitrogens with zero attached hydrogens (tertiary/aromatic N) is 4. The van der Waals surface area contributed by atoms with Gasteiger partial charge in [0.2, 0.25) is 0 Å². The van der Waals surface area contributed by atoms with Crippen LogP contribution < -0.4 is 5.32 Å². The van der Waals surface area contributed by atoms with Crippen LogP contribution in [0, 0.1) is 29.5 Å². The zero-order valence-electron chi connectivity index (χ0n) is 35.5. The predicted molar refractivity (Wildman–Crippen MR) is 208 cm³/mol. The third-order valence-electron chi connectivity index (χ3n) is 11.8. The summed E-state index contributed by atoms with van der Waals surface area (Å²) in [6.45, 7) is 12.9. The maximum absolute atomic E-state index is 14.4. The number of hydrogen-bond acceptors (Lipinski definition) is 14. The Hall–Kier alpha value is -3.87. The number of rotatable bonds is 10. The summed E-state index contributed by atoms with van der Waals surface area (Å²) in [6, 6.07) is 5.44. The number of esters is 1. The molecular formula is C41H62FN5O11. The monoisotopic (exact) mass is 819 g/mol. The smallest absolute Gasteiger partial charge is 0.407 e. The molecule has 1 aromatic carbocycles. The number of Topliss-reactive ketones (excluding diaryl/α,β-unsaturated/α-hetero) is 2. The van der Waals surface area contributed by atoms with Crippen molar-refractivity contribution in [3.05, 3.63) is 36.3 Å². The van der Waals surface area contributed by atoms with Crippen LogP contribution in [0.1, 0.15) is 74.7 Å². The Kier molecular flexibility index (Phi) is 15.7. The highest BCUT2D eigenvalue weighted by molar-refractivity contribution is 6.00. The molecule has 2 aliphatic heterocycles. The molecule has 0 spiro atoms. The molecule has 16 nitrogen and oxygen atoms in total. The third kappa shape index (κ3) is 10.6. The topological polar surface area (TPSA) is 201 Å². The maximum Gasteiger partial charge on any atom is 0.407 e. The minimum Gasteiger partial charge on any atom is -0.459 e. The van der Waals surface area contributed by atoms with Gasteiger partial charge in [0.25, 0.3) is 0 Å². The van der Waals surface area contributed by atoms with Gasteiger partial charge >= 0.3 is 12.1 Å². The normalized spacial score (nSPS) is 35.6. The van der Waals surface area contributed by atoms with Crippen molar-refractivity contribution in [2.75, 3.05) is 27.7 Å². The van der Waals surface area contributed by atoms with Crippen molar-refractivity contribution in [1.29, 1.82) is 0 Å². The number of nitrogens with one attached hydrogen (secondary N) is 1. The lowest BCUT2D eigenvalue weighted by atomic mass is 9.74. The summed E-state index contributed by atoms with van der Waals surface area (Å²) >= 11 is 0. The Balaban J connectivity index is 1.62. The number of benzene rings is 1. The molecule has 0 unspecified atom stereocenters. The number of ether oxygens (including phenoxy) is 5. The van der Waals surface area contributed by atoms with E-state index in [0.29, 0.717) is 17.7 Å². The van der Waals surface area contributed by atoms with Crippen molar-refractivity contribution in [1.82, 2.24) is 25.2 Å². The van der Waals surface area contributed by atoms with Crippen molar-refractivity contribution in [2.24, 2.45) is 23.7 Å². The lowest BCUT2D eigenvalue weighted by Gasteiger charge is -2.47. The Labute approximate surface area is 340 Å². The largest absolute Gasteiger partial charge is 0.459 e. The molecule has 17 heteroatoms. The van der Waals surface area contributed by atoms with Crippen LogP contribution in [0.4, 0.5) is 9.18 Å². The van der Waals surface area contributed by atoms with Gasteiger partial charge in [0.05, 0.1) is 36.5 Å². The van der Waals surface area contributed by atoms with Gasteiger partial charge in [0, 0.05) is 37.1 Å². The molecule has 2 aromatic rings. The van der Waals surface area contributed by atoms with Crippen LogP contribution in [0.3, 0.4) is 0 Å². The van der Waals surface area contributed by atoms with Gasteiger partial charge < -0.3 is 44.1 Å². The van der Waals surface area contributed by atoms with E-state index in [9.17, 15) is 33.8 Å². The number of methoxy groups -OCH3 is 1. The molecule has 13 atom stereocenters. The number of aromatic nitrogens is 3. The number of aliphatic hydroxyl groups is 2. The zero-order chi connectivity index (χ0) is 43.3. The minimum absolute atomic E-state index is 0.000648. The lowest BCUT2D eigenvalue weighted by molar-refractivity contribution is -0.295. The summed E-state index contributed by atoms with van der Waals surface area (Å²) in [6.07, 6.45) is -5.27. The third-order valence-corrected chi connectivity index (χ3v) is 11.8. The number of hydrogen-bond donors (Lipinski definition) is 3. The van der Waals surface area contributed by atoms with Crippen molar-refractivity contribution < 1.29 is 57.5 Å². The minimum atomic E-state index is -2.10. The van der Waals surface area contributed by atoms with E-state index >= 15 is 0 Å². The van der Waals surface area contributed by atoms with Crippen molar-refractivity contribution >= 4 is 23.6 Å². The first-order valence-corrected chi connectivity index (χ1v) is 20.0. The van der Waals surface area contributed by atoms with Gasteiger partial charge in [-0.1, -0.05) is 32.9 Å². The molecule has 2 fully saturated rings. The number of amides is 1. The predicted octanol–water partition coefficient (Wildman–Crippen LogP) is 3.55. The van der Waals surface area contributed by atoms with E-state index in [-0.39, 0.29) is 43.9 Å². The van der Waals surface area contributed by atoms with Gasteiger partial charge in [-0.05, 0) is 85.3 Å². The molecule has 0 radical (unpaired) electrons. The molecule has 3 heterocycles. The number of cyclic esters (lactones) is 1. The molecule has 1 amide bonds. The van der Waals surface area contributed by atoms with Crippen LogP contribution in [0.25, 0.3) is 11.3 Å². The second-order valence-corrected chi connectivity index (χ2v) is 16.5. The van der Waals surface area contributed by atoms with Crippen LogP contribution in [0.5, 0.6) is 0 Å². The Bertz CT molecular complexity index is 1720. The summed E-state index contributed by atoms with van der Waals surface area (Å²) in [7, 11) is 5.10. The van der Waals surface area contributed by atoms with Gasteiger partial charge in [-0.25, -0.2) is 9.18 Å². The maximum atomic E-state index is 14.4. The quantitative estimate of drug-likeness (QED) is 0.232. The summed E-state index contributed by atoms with van der Waals surface area (Å²) in [5.74, 6) is -6.57. The van der Waals surface area contributed by atoms with Gasteiger partial charge in [-0.3, -0.25) is 19.1 Å². The highest BCUT2D eigenvalue weighted by atomic mass is 19.1. The number of alkyl carbamates (subject to hydrolysis) is 1. The number of carbonyl (C=O) groups is 4. The van der Waals surface area contributed by atoms with E-state index in [2.05, 4.69) is 15.6 Å². The zero-order valence-corrected chi connectivity index (χ0v) is 35.5. The first kappa shape index (κ1) is 46.8. The van der Waals surface area contributed by atoms with Crippen molar-refractivity contribution in [2.45, 2.75) is 135 Å². The summed E-state index contributed by atoms with van der Waals surface area (Å²) in [4.78, 5) is 57.6. The summed E-state index contributed by atoms with van der Waals surface area (Å²) in [5, 5.41) is 34.3. The molecule has 0 bridgehead atoms. The average Bonchev–Trinajstić information content (AvgIpc) is 3.65. The van der Waals surface area contributed by atoms with E-state index in [0.717, 1.165) is 0 Å². The van der Waals surface area contributed by atoms with Gasteiger partial charge in [0.15, 0.2) is 12.1 Å². The fourth-order valence-electron chi connectivity index (χ4n) is 8.23. The van der Waals surface area contributed by atoms with Crippen LogP contribution in [0.2, 0.25) is 0 Å². The number of carbonyl (C=O) groups excluding carboxylic acids is 4. The van der Waals surface area contributed by atoms with E-state index in [1.807, 2.05) is 25.9 Å². The SMILES string of the molecule is CC[C@H]1OC(=O)[C@H](C)C(=O)[C@H](C)[C@@H](O[C@H]2O[C@@H](C)C[C@@H](N(C)C)[C@@H]2O)[C@](C)(OC)C[C@@H](C)C(=O)[C@H](C)[C@@H](OC(=O)NCCn2cc(-c3ccc(F)cc3)nn2)[C@]1(C)O. The molecule has 4 rings (SSSR count). The van der Waals surface area contributed by atoms with Crippen molar-refractivity contribution in [3.63, 3.8) is 0 Å². The Morgan fingerprint density at radius 1 is 1.05 bits per heavy atom. The Morgan fingerprint density at radius 3 is 2.29 bits per heavy atom. The van der Waals surface area contributed by atoms with Crippen LogP contribution in [-0.2, 0) is 44.6 Å². The van der Waals surface area contributed by atoms with Gasteiger partial charge in [0.1, 0.15) is 47.1 Å². The van der Waals surface area contributed by atoms with E-state index in [1.54, 1.807) is 46.0 Å². The summed E-state index contributed by atoms with van der Waals surface area (Å²) in [5.41, 5.74) is -2.31. The lowest BCUT2D eigenvalue weighted by Crippen LogP contribution is -2.60. The second-order valence-electron chi connectivity index (χ2n) is 16.5. The second kappa shape index (κ2) is 19.5. The fourth-order valence-corrected chi connectivity index (χ4v) is 8.23. The van der Waals surface area contributed by atoms with Crippen LogP contribution >= 0.6 is 0 Å². The van der Waals surface area contributed by atoms with Crippen molar-refractivity contribution in [3.8, 4) is 11.3 Å². The highest BCUT2D eigenvalue weighted by Crippen LogP contribution is 2.39. The van der Waals surface area contributed by atoms with E-state index < -0.39 is 89.2 Å². The first-order valence-electron chi connectivity index (χ1n) is 20.0. The first-order chi connectivity index (χ1) is 27.1. The fraction of sp³-hybridized carbons (Fsp3) is 0.707. The molecule has 58 heavy (non-hydrogen) atoms. The Morgan fingerprint density at radius 2 is 1.69 bits per heavy atom. The standard InChI is InChI=1S/C41H62FN5O11/c1-12-31-41(8,53)36(58-39(52)43-17-18-47-21-29(44-45-47)27-13-15-28(42)16-14-27)24(4)32(48)22(2)20-40(7,54-11)35(25(5)33(49)26(6)37(51)56-31)57-38-34(50)30(46(9)10)19-23(3)55-38/h13-16,21-26,30-31,34-36,38,50,53H,12,17-20H2,1-11H3,(H,43,52)/t22-,23+,24+,25+,26-,30-,31-,34+,35-,36-,38-,40-,41-/m1/s1. The van der Waals surface area contributed by atoms with Crippen LogP contribution in [-0.4, -0.2) is 136 Å². The molecule has 2 saturated heterocycles. The highest BCUT2D eigenvalue weighted by Gasteiger charge is 2.53. The summed E-state index contributed by atoms with van der Waals surface area (Å²) < 4.78 is 45.2. The number of ketones is 2. The molecule has 3 N–H and O–H groups in total. The number of halogens is 1. The molecule has 0 saturated carbocycles. The number of likely N-dealkylation sites (N-methyl/N-ethyl adjacent to an activating group) is 1. The average molecular weight is 820 g/mol. The molecule has 1 aromatic heterocycles. The number of aliphatic hydroxyl groups excluding tert-OH is 1. The van der Waals surface area contributed by atoms with Crippen LogP contribution in [0.15, 0.2) is 30.5 Å². The van der Waals surface area contributed by atoms with Gasteiger partial charge in [-0.2, -0.15) is 0 Å². The molecule has 0 aliphatic carbocycles. The molecule has 2 aliphatic rings. The molecular weight excluding hydrogens is 757 g/mol. The molecule has 324 valence electrons.